The van der Waals surface area contributed by atoms with Crippen molar-refractivity contribution >= 4 is 5.97 Å². The van der Waals surface area contributed by atoms with Crippen LogP contribution in [0.3, 0.4) is 0 Å². The van der Waals surface area contributed by atoms with Gasteiger partial charge in [-0.15, -0.1) is 0 Å². The quantitative estimate of drug-likeness (QED) is 0.891. The summed E-state index contributed by atoms with van der Waals surface area (Å²) in [6, 6.07) is 3.28. The predicted octanol–water partition coefficient (Wildman–Crippen LogP) is 2.79. The molecule has 0 aromatic heterocycles. The number of benzene rings is 1. The van der Waals surface area contributed by atoms with E-state index in [1.807, 2.05) is 0 Å². The molecule has 6 heteroatoms. The van der Waals surface area contributed by atoms with Gasteiger partial charge < -0.3 is 9.84 Å². The summed E-state index contributed by atoms with van der Waals surface area (Å²) in [6.45, 7) is -0.710. The molecule has 0 amide bonds. The Morgan fingerprint density at radius 3 is 2.47 bits per heavy atom. The van der Waals surface area contributed by atoms with Gasteiger partial charge in [0.05, 0.1) is 5.41 Å². The Labute approximate surface area is 95.8 Å². The van der Waals surface area contributed by atoms with Crippen molar-refractivity contribution in [2.24, 2.45) is 0 Å². The Kier molecular flexibility index (Phi) is 3.65. The van der Waals surface area contributed by atoms with Crippen LogP contribution in [0.15, 0.2) is 18.2 Å². The van der Waals surface area contributed by atoms with Crippen molar-refractivity contribution in [2.75, 3.05) is 0 Å². The minimum absolute atomic E-state index is 0.396. The largest absolute Gasteiger partial charge is 0.481 e. The van der Waals surface area contributed by atoms with Crippen LogP contribution in [-0.4, -0.2) is 17.7 Å². The summed E-state index contributed by atoms with van der Waals surface area (Å²) >= 11 is 0. The fraction of sp³-hybridized carbons (Fsp3) is 0.364. The van der Waals surface area contributed by atoms with Gasteiger partial charge in [0.25, 0.3) is 0 Å². The summed E-state index contributed by atoms with van der Waals surface area (Å²) < 4.78 is 42.0. The van der Waals surface area contributed by atoms with E-state index < -0.39 is 35.1 Å². The molecule has 0 aliphatic rings. The van der Waals surface area contributed by atoms with E-state index in [9.17, 15) is 18.0 Å². The first-order valence-electron chi connectivity index (χ1n) is 4.74. The molecule has 17 heavy (non-hydrogen) atoms. The minimum Gasteiger partial charge on any atom is -0.481 e. The van der Waals surface area contributed by atoms with Gasteiger partial charge in [0.2, 0.25) is 0 Å². The first-order valence-corrected chi connectivity index (χ1v) is 4.74. The number of carbonyl (C=O) groups is 1. The molecule has 1 aromatic carbocycles. The molecule has 1 aromatic rings. The predicted molar refractivity (Wildman–Crippen MR) is 53.7 cm³/mol. The van der Waals surface area contributed by atoms with Crippen LogP contribution < -0.4 is 4.74 Å². The van der Waals surface area contributed by atoms with Crippen LogP contribution in [0.4, 0.5) is 13.2 Å². The number of halogens is 3. The summed E-state index contributed by atoms with van der Waals surface area (Å²) in [4.78, 5) is 11.0. The second-order valence-electron chi connectivity index (χ2n) is 3.92. The van der Waals surface area contributed by atoms with E-state index >= 15 is 0 Å². The zero-order valence-corrected chi connectivity index (χ0v) is 9.21. The number of carboxylic acids is 1. The molecule has 0 fully saturated rings. The maximum atomic E-state index is 13.6. The van der Waals surface area contributed by atoms with Crippen molar-refractivity contribution in [3.63, 3.8) is 0 Å². The number of ether oxygens (including phenoxy) is 1. The van der Waals surface area contributed by atoms with Gasteiger partial charge in [0.15, 0.2) is 0 Å². The molecular weight excluding hydrogens is 237 g/mol. The highest BCUT2D eigenvalue weighted by atomic mass is 19.3. The first kappa shape index (κ1) is 13.3. The zero-order chi connectivity index (χ0) is 13.2. The van der Waals surface area contributed by atoms with E-state index in [2.05, 4.69) is 4.74 Å². The van der Waals surface area contributed by atoms with Crippen molar-refractivity contribution in [1.82, 2.24) is 0 Å². The van der Waals surface area contributed by atoms with Gasteiger partial charge >= 0.3 is 12.6 Å². The van der Waals surface area contributed by atoms with Crippen LogP contribution >= 0.6 is 0 Å². The van der Waals surface area contributed by atoms with E-state index in [0.29, 0.717) is 0 Å². The summed E-state index contributed by atoms with van der Waals surface area (Å²) in [7, 11) is 0. The van der Waals surface area contributed by atoms with Crippen LogP contribution in [0.25, 0.3) is 0 Å². The van der Waals surface area contributed by atoms with Gasteiger partial charge in [0.1, 0.15) is 11.6 Å². The Bertz CT molecular complexity index is 430. The van der Waals surface area contributed by atoms with Crippen molar-refractivity contribution in [3.8, 4) is 5.75 Å². The van der Waals surface area contributed by atoms with Gasteiger partial charge in [0, 0.05) is 5.56 Å². The molecule has 1 rings (SSSR count). The number of alkyl halides is 2. The van der Waals surface area contributed by atoms with Gasteiger partial charge in [-0.3, -0.25) is 4.79 Å². The molecule has 0 saturated carbocycles. The molecule has 0 unspecified atom stereocenters. The summed E-state index contributed by atoms with van der Waals surface area (Å²) in [5.41, 5.74) is -2.05. The average Bonchev–Trinajstić information content (AvgIpc) is 2.15. The molecule has 0 saturated heterocycles. The van der Waals surface area contributed by atoms with E-state index in [-0.39, 0.29) is 0 Å². The smallest absolute Gasteiger partial charge is 0.387 e. The Morgan fingerprint density at radius 1 is 1.41 bits per heavy atom. The Hall–Kier alpha value is -1.72. The highest BCUT2D eigenvalue weighted by Crippen LogP contribution is 2.34. The molecule has 0 atom stereocenters. The van der Waals surface area contributed by atoms with Gasteiger partial charge in [-0.05, 0) is 26.0 Å². The molecule has 1 N–H and O–H groups in total. The normalized spacial score (nSPS) is 11.6. The Balaban J connectivity index is 3.34. The number of hydrogen-bond donors (Lipinski definition) is 1. The molecule has 3 nitrogen and oxygen atoms in total. The summed E-state index contributed by atoms with van der Waals surface area (Å²) in [5, 5.41) is 8.97. The van der Waals surface area contributed by atoms with Crippen molar-refractivity contribution < 1.29 is 27.8 Å². The SMILES string of the molecule is CC(C)(C(=O)O)c1c(F)cccc1OC(F)F. The van der Waals surface area contributed by atoms with Crippen LogP contribution in [0, 0.1) is 5.82 Å². The van der Waals surface area contributed by atoms with Crippen LogP contribution in [-0.2, 0) is 10.2 Å². The standard InChI is InChI=1S/C11H11F3O3/c1-11(2,9(15)16)8-6(12)4-3-5-7(8)17-10(13)14/h3-5,10H,1-2H3,(H,15,16). The van der Waals surface area contributed by atoms with Crippen LogP contribution in [0.1, 0.15) is 19.4 Å². The topological polar surface area (TPSA) is 46.5 Å². The number of rotatable bonds is 4. The molecule has 0 radical (unpaired) electrons. The molecule has 0 bridgehead atoms. The van der Waals surface area contributed by atoms with Crippen LogP contribution in [0.2, 0.25) is 0 Å². The van der Waals surface area contributed by atoms with Crippen molar-refractivity contribution in [2.45, 2.75) is 25.9 Å². The lowest BCUT2D eigenvalue weighted by molar-refractivity contribution is -0.142. The van der Waals surface area contributed by atoms with E-state index in [0.717, 1.165) is 12.1 Å². The van der Waals surface area contributed by atoms with Gasteiger partial charge in [-0.25, -0.2) is 4.39 Å². The molecule has 0 aliphatic carbocycles. The lowest BCUT2D eigenvalue weighted by Gasteiger charge is -2.23. The third-order valence-corrected chi connectivity index (χ3v) is 2.35. The highest BCUT2D eigenvalue weighted by molar-refractivity contribution is 5.81. The highest BCUT2D eigenvalue weighted by Gasteiger charge is 2.36. The lowest BCUT2D eigenvalue weighted by Crippen LogP contribution is -2.30. The maximum absolute atomic E-state index is 13.6. The first-order chi connectivity index (χ1) is 7.76. The number of aliphatic carboxylic acids is 1. The lowest BCUT2D eigenvalue weighted by atomic mass is 9.84. The maximum Gasteiger partial charge on any atom is 0.387 e. The van der Waals surface area contributed by atoms with E-state index in [1.165, 1.54) is 19.9 Å². The Morgan fingerprint density at radius 2 is 2.00 bits per heavy atom. The fourth-order valence-electron chi connectivity index (χ4n) is 1.41. The number of hydrogen-bond acceptors (Lipinski definition) is 2. The third kappa shape index (κ3) is 2.69. The molecule has 0 aliphatic heterocycles. The van der Waals surface area contributed by atoms with Crippen LogP contribution in [0.5, 0.6) is 5.75 Å². The van der Waals surface area contributed by atoms with E-state index in [1.54, 1.807) is 0 Å². The third-order valence-electron chi connectivity index (χ3n) is 2.35. The zero-order valence-electron chi connectivity index (χ0n) is 9.21. The molecular formula is C11H11F3O3. The summed E-state index contributed by atoms with van der Waals surface area (Å²) in [5.74, 6) is -2.69. The van der Waals surface area contributed by atoms with E-state index in [4.69, 9.17) is 5.11 Å². The fourth-order valence-corrected chi connectivity index (χ4v) is 1.41. The second-order valence-corrected chi connectivity index (χ2v) is 3.92. The van der Waals surface area contributed by atoms with Gasteiger partial charge in [-0.2, -0.15) is 8.78 Å². The van der Waals surface area contributed by atoms with Crippen molar-refractivity contribution in [3.05, 3.63) is 29.6 Å². The molecule has 94 valence electrons. The second kappa shape index (κ2) is 4.65. The van der Waals surface area contributed by atoms with Crippen molar-refractivity contribution in [1.29, 1.82) is 0 Å². The monoisotopic (exact) mass is 248 g/mol. The molecule has 0 spiro atoms. The van der Waals surface area contributed by atoms with Gasteiger partial charge in [-0.1, -0.05) is 6.07 Å². The molecule has 0 heterocycles. The minimum atomic E-state index is -3.14. The average molecular weight is 248 g/mol. The number of carboxylic acid groups (broad SMARTS) is 1. The summed E-state index contributed by atoms with van der Waals surface area (Å²) in [6.07, 6.45) is 0.